The van der Waals surface area contributed by atoms with Crippen molar-refractivity contribution in [2.45, 2.75) is 13.5 Å². The molecule has 0 saturated carbocycles. The van der Waals surface area contributed by atoms with Crippen molar-refractivity contribution >= 4 is 5.69 Å². The van der Waals surface area contributed by atoms with Crippen molar-refractivity contribution in [1.29, 1.82) is 0 Å². The Balaban J connectivity index is 1.80. The van der Waals surface area contributed by atoms with Gasteiger partial charge in [-0.05, 0) is 30.7 Å². The van der Waals surface area contributed by atoms with E-state index in [1.807, 2.05) is 24.3 Å². The molecule has 0 spiro atoms. The van der Waals surface area contributed by atoms with Crippen LogP contribution in [0.25, 0.3) is 0 Å². The van der Waals surface area contributed by atoms with Gasteiger partial charge in [-0.15, -0.1) is 0 Å². The van der Waals surface area contributed by atoms with Crippen LogP contribution < -0.4 is 10.2 Å². The number of anilines is 1. The number of rotatable bonds is 7. The predicted molar refractivity (Wildman–Crippen MR) is 82.4 cm³/mol. The fourth-order valence-corrected chi connectivity index (χ4v) is 2.19. The Bertz CT molecular complexity index is 513. The van der Waals surface area contributed by atoms with Crippen LogP contribution in [0.5, 0.6) is 0 Å². The molecular formula is C17H21FN2. The van der Waals surface area contributed by atoms with E-state index in [2.05, 4.69) is 29.3 Å². The third kappa shape index (κ3) is 4.35. The highest BCUT2D eigenvalue weighted by atomic mass is 19.1. The van der Waals surface area contributed by atoms with Gasteiger partial charge in [-0.25, -0.2) is 4.39 Å². The van der Waals surface area contributed by atoms with Crippen LogP contribution in [-0.2, 0) is 6.54 Å². The van der Waals surface area contributed by atoms with Gasteiger partial charge in [0, 0.05) is 31.9 Å². The average Bonchev–Trinajstić information content (AvgIpc) is 2.48. The number of hydrogen-bond acceptors (Lipinski definition) is 2. The average molecular weight is 272 g/mol. The van der Waals surface area contributed by atoms with E-state index in [1.165, 1.54) is 11.6 Å². The summed E-state index contributed by atoms with van der Waals surface area (Å²) in [5.74, 6) is -0.182. The van der Waals surface area contributed by atoms with Crippen molar-refractivity contribution in [2.75, 3.05) is 24.5 Å². The first-order valence-corrected chi connectivity index (χ1v) is 7.04. The van der Waals surface area contributed by atoms with E-state index >= 15 is 0 Å². The summed E-state index contributed by atoms with van der Waals surface area (Å²) in [7, 11) is 0. The number of benzene rings is 2. The van der Waals surface area contributed by atoms with Gasteiger partial charge in [0.1, 0.15) is 5.82 Å². The summed E-state index contributed by atoms with van der Waals surface area (Å²) in [6.45, 7) is 5.56. The van der Waals surface area contributed by atoms with Crippen molar-refractivity contribution in [2.24, 2.45) is 0 Å². The highest BCUT2D eigenvalue weighted by molar-refractivity contribution is 5.46. The van der Waals surface area contributed by atoms with Gasteiger partial charge < -0.3 is 10.2 Å². The fraction of sp³-hybridized carbons (Fsp3) is 0.294. The standard InChI is InChI=1S/C17H21FN2/c1-2-20(17-10-6-9-16(18)13-17)12-11-19-14-15-7-4-3-5-8-15/h3-10,13,19H,2,11-12,14H2,1H3. The molecule has 0 unspecified atom stereocenters. The summed E-state index contributed by atoms with van der Waals surface area (Å²) < 4.78 is 13.2. The number of nitrogens with zero attached hydrogens (tertiary/aromatic N) is 1. The lowest BCUT2D eigenvalue weighted by Gasteiger charge is -2.23. The summed E-state index contributed by atoms with van der Waals surface area (Å²) in [4.78, 5) is 2.17. The molecule has 0 radical (unpaired) electrons. The van der Waals surface area contributed by atoms with Crippen molar-refractivity contribution in [3.8, 4) is 0 Å². The molecule has 0 heterocycles. The van der Waals surface area contributed by atoms with Crippen molar-refractivity contribution in [1.82, 2.24) is 5.32 Å². The number of likely N-dealkylation sites (N-methyl/N-ethyl adjacent to an activating group) is 1. The number of halogens is 1. The van der Waals surface area contributed by atoms with E-state index in [4.69, 9.17) is 0 Å². The second-order valence-electron chi connectivity index (χ2n) is 4.72. The molecule has 0 aliphatic carbocycles. The Kier molecular flexibility index (Phi) is 5.56. The van der Waals surface area contributed by atoms with E-state index < -0.39 is 0 Å². The topological polar surface area (TPSA) is 15.3 Å². The predicted octanol–water partition coefficient (Wildman–Crippen LogP) is 3.44. The minimum atomic E-state index is -0.182. The van der Waals surface area contributed by atoms with Gasteiger partial charge in [0.05, 0.1) is 0 Å². The Morgan fingerprint density at radius 1 is 1.05 bits per heavy atom. The van der Waals surface area contributed by atoms with Crippen LogP contribution in [0.15, 0.2) is 54.6 Å². The zero-order chi connectivity index (χ0) is 14.2. The van der Waals surface area contributed by atoms with Gasteiger partial charge in [-0.2, -0.15) is 0 Å². The summed E-state index contributed by atoms with van der Waals surface area (Å²) in [6, 6.07) is 17.1. The van der Waals surface area contributed by atoms with E-state index in [-0.39, 0.29) is 5.82 Å². The summed E-state index contributed by atoms with van der Waals surface area (Å²) >= 11 is 0. The number of hydrogen-bond donors (Lipinski definition) is 1. The minimum Gasteiger partial charge on any atom is -0.370 e. The molecule has 0 amide bonds. The zero-order valence-electron chi connectivity index (χ0n) is 11.8. The third-order valence-corrected chi connectivity index (χ3v) is 3.29. The third-order valence-electron chi connectivity index (χ3n) is 3.29. The summed E-state index contributed by atoms with van der Waals surface area (Å²) in [5, 5.41) is 3.42. The van der Waals surface area contributed by atoms with Crippen molar-refractivity contribution in [3.05, 3.63) is 66.0 Å². The molecule has 0 aliphatic rings. The van der Waals surface area contributed by atoms with Gasteiger partial charge in [0.2, 0.25) is 0 Å². The summed E-state index contributed by atoms with van der Waals surface area (Å²) in [6.07, 6.45) is 0. The molecule has 1 N–H and O–H groups in total. The fourth-order valence-electron chi connectivity index (χ4n) is 2.19. The first-order chi connectivity index (χ1) is 9.79. The molecule has 2 rings (SSSR count). The van der Waals surface area contributed by atoms with Crippen LogP contribution >= 0.6 is 0 Å². The van der Waals surface area contributed by atoms with Crippen LogP contribution in [0.3, 0.4) is 0 Å². The normalized spacial score (nSPS) is 10.5. The molecule has 2 nitrogen and oxygen atoms in total. The van der Waals surface area contributed by atoms with E-state index in [0.29, 0.717) is 0 Å². The van der Waals surface area contributed by atoms with Crippen LogP contribution in [0.2, 0.25) is 0 Å². The van der Waals surface area contributed by atoms with Gasteiger partial charge in [0.15, 0.2) is 0 Å². The first-order valence-electron chi connectivity index (χ1n) is 7.04. The van der Waals surface area contributed by atoms with Gasteiger partial charge in [0.25, 0.3) is 0 Å². The van der Waals surface area contributed by atoms with Gasteiger partial charge >= 0.3 is 0 Å². The molecule has 0 fully saturated rings. The molecule has 2 aromatic rings. The molecule has 0 saturated heterocycles. The van der Waals surface area contributed by atoms with Crippen LogP contribution in [0, 0.1) is 5.82 Å². The molecule has 2 aromatic carbocycles. The summed E-state index contributed by atoms with van der Waals surface area (Å²) in [5.41, 5.74) is 2.22. The molecule has 0 bridgehead atoms. The number of nitrogens with one attached hydrogen (secondary N) is 1. The molecule has 0 atom stereocenters. The lowest BCUT2D eigenvalue weighted by Crippen LogP contribution is -2.31. The molecule has 0 aromatic heterocycles. The SMILES string of the molecule is CCN(CCNCc1ccccc1)c1cccc(F)c1. The van der Waals surface area contributed by atoms with Crippen LogP contribution in [0.4, 0.5) is 10.1 Å². The molecular weight excluding hydrogens is 251 g/mol. The largest absolute Gasteiger partial charge is 0.370 e. The van der Waals surface area contributed by atoms with E-state index in [0.717, 1.165) is 31.9 Å². The Morgan fingerprint density at radius 2 is 1.85 bits per heavy atom. The van der Waals surface area contributed by atoms with Crippen molar-refractivity contribution < 1.29 is 4.39 Å². The minimum absolute atomic E-state index is 0.182. The molecule has 20 heavy (non-hydrogen) atoms. The molecule has 0 aliphatic heterocycles. The Labute approximate surface area is 120 Å². The van der Waals surface area contributed by atoms with Crippen LogP contribution in [-0.4, -0.2) is 19.6 Å². The lowest BCUT2D eigenvalue weighted by atomic mass is 10.2. The maximum absolute atomic E-state index is 13.2. The highest BCUT2D eigenvalue weighted by Crippen LogP contribution is 2.14. The van der Waals surface area contributed by atoms with Crippen molar-refractivity contribution in [3.63, 3.8) is 0 Å². The molecule has 106 valence electrons. The van der Waals surface area contributed by atoms with Gasteiger partial charge in [-0.3, -0.25) is 0 Å². The second kappa shape index (κ2) is 7.65. The van der Waals surface area contributed by atoms with Gasteiger partial charge in [-0.1, -0.05) is 36.4 Å². The lowest BCUT2D eigenvalue weighted by molar-refractivity contribution is 0.624. The smallest absolute Gasteiger partial charge is 0.125 e. The quantitative estimate of drug-likeness (QED) is 0.777. The maximum Gasteiger partial charge on any atom is 0.125 e. The van der Waals surface area contributed by atoms with E-state index in [1.54, 1.807) is 12.1 Å². The first kappa shape index (κ1) is 14.5. The zero-order valence-corrected chi connectivity index (χ0v) is 11.8. The monoisotopic (exact) mass is 272 g/mol. The highest BCUT2D eigenvalue weighted by Gasteiger charge is 2.04. The maximum atomic E-state index is 13.2. The van der Waals surface area contributed by atoms with E-state index in [9.17, 15) is 4.39 Å². The molecule has 3 heteroatoms. The second-order valence-corrected chi connectivity index (χ2v) is 4.72. The van der Waals surface area contributed by atoms with Crippen LogP contribution in [0.1, 0.15) is 12.5 Å². The Hall–Kier alpha value is -1.87. The Morgan fingerprint density at radius 3 is 2.55 bits per heavy atom.